The zero-order valence-electron chi connectivity index (χ0n) is 11.1. The van der Waals surface area contributed by atoms with Crippen molar-refractivity contribution in [3.05, 3.63) is 47.0 Å². The topological polar surface area (TPSA) is 0 Å². The predicted octanol–water partition coefficient (Wildman–Crippen LogP) is 4.80. The number of hydrogen-bond acceptors (Lipinski definition) is 0. The van der Waals surface area contributed by atoms with Crippen LogP contribution in [0.15, 0.2) is 24.3 Å². The summed E-state index contributed by atoms with van der Waals surface area (Å²) in [7, 11) is 0. The zero-order chi connectivity index (χ0) is 13.8. The maximum atomic E-state index is 13.7. The van der Waals surface area contributed by atoms with Crippen LogP contribution in [-0.2, 0) is 0 Å². The van der Waals surface area contributed by atoms with Crippen LogP contribution in [0.25, 0.3) is 0 Å². The van der Waals surface area contributed by atoms with Gasteiger partial charge < -0.3 is 0 Å². The first-order valence-electron chi connectivity index (χ1n) is 6.74. The molecule has 100 valence electrons. The number of allylic oxidation sites excluding steroid dienone is 2. The summed E-state index contributed by atoms with van der Waals surface area (Å²) >= 11 is 0. The Balaban J connectivity index is 2.14. The van der Waals surface area contributed by atoms with Crippen LogP contribution in [0.2, 0.25) is 0 Å². The van der Waals surface area contributed by atoms with Gasteiger partial charge in [-0.25, -0.2) is 8.78 Å². The molecule has 0 aromatic heterocycles. The van der Waals surface area contributed by atoms with Gasteiger partial charge in [0, 0.05) is 0 Å². The van der Waals surface area contributed by atoms with Crippen molar-refractivity contribution in [2.45, 2.75) is 38.5 Å². The fraction of sp³-hybridized carbons (Fsp3) is 0.412. The summed E-state index contributed by atoms with van der Waals surface area (Å²) in [5, 5.41) is 0. The third-order valence-corrected chi connectivity index (χ3v) is 3.92. The maximum Gasteiger partial charge on any atom is 0.142 e. The Kier molecular flexibility index (Phi) is 4.37. The summed E-state index contributed by atoms with van der Waals surface area (Å²) in [6.45, 7) is 2.02. The molecule has 0 N–H and O–H groups in total. The number of terminal acetylenes is 1. The average molecular weight is 260 g/mol. The van der Waals surface area contributed by atoms with Crippen LogP contribution < -0.4 is 0 Å². The molecule has 1 fully saturated rings. The van der Waals surface area contributed by atoms with E-state index in [0.29, 0.717) is 5.92 Å². The molecular formula is C17H18F2. The third-order valence-electron chi connectivity index (χ3n) is 3.92. The highest BCUT2D eigenvalue weighted by Crippen LogP contribution is 2.37. The lowest BCUT2D eigenvalue weighted by Crippen LogP contribution is -2.12. The summed E-state index contributed by atoms with van der Waals surface area (Å²) in [5.41, 5.74) is 0.485. The van der Waals surface area contributed by atoms with Crippen LogP contribution in [0.3, 0.4) is 0 Å². The second-order valence-corrected chi connectivity index (χ2v) is 5.14. The highest BCUT2D eigenvalue weighted by molar-refractivity contribution is 5.38. The van der Waals surface area contributed by atoms with E-state index in [2.05, 4.69) is 18.1 Å². The Morgan fingerprint density at radius 1 is 1.16 bits per heavy atom. The molecular weight excluding hydrogens is 242 g/mol. The number of rotatable bonds is 2. The van der Waals surface area contributed by atoms with Crippen molar-refractivity contribution in [1.82, 2.24) is 0 Å². The predicted molar refractivity (Wildman–Crippen MR) is 73.8 cm³/mol. The lowest BCUT2D eigenvalue weighted by molar-refractivity contribution is 0.374. The molecule has 0 nitrogen and oxygen atoms in total. The summed E-state index contributed by atoms with van der Waals surface area (Å²) in [6.07, 6.45) is 13.5. The number of hydrogen-bond donors (Lipinski definition) is 0. The summed E-state index contributed by atoms with van der Waals surface area (Å²) in [6, 6.07) is 2.80. The molecule has 0 bridgehead atoms. The van der Waals surface area contributed by atoms with Gasteiger partial charge in [-0.1, -0.05) is 18.1 Å². The van der Waals surface area contributed by atoms with Crippen molar-refractivity contribution in [3.8, 4) is 12.3 Å². The Morgan fingerprint density at radius 2 is 1.74 bits per heavy atom. The van der Waals surface area contributed by atoms with Crippen molar-refractivity contribution in [2.75, 3.05) is 0 Å². The molecule has 0 spiro atoms. The van der Waals surface area contributed by atoms with Crippen molar-refractivity contribution >= 4 is 0 Å². The molecule has 1 aromatic carbocycles. The van der Waals surface area contributed by atoms with Crippen molar-refractivity contribution in [1.29, 1.82) is 0 Å². The van der Waals surface area contributed by atoms with Crippen LogP contribution in [0.5, 0.6) is 0 Å². The molecule has 1 aliphatic carbocycles. The fourth-order valence-electron chi connectivity index (χ4n) is 2.88. The quantitative estimate of drug-likeness (QED) is 0.529. The SMILES string of the molecule is C#Cc1c(F)cc(C2CCC(C=CC)CC2)cc1F. The van der Waals surface area contributed by atoms with Gasteiger partial charge in [-0.05, 0) is 62.1 Å². The zero-order valence-corrected chi connectivity index (χ0v) is 11.1. The van der Waals surface area contributed by atoms with E-state index in [1.165, 1.54) is 12.1 Å². The first-order chi connectivity index (χ1) is 9.15. The van der Waals surface area contributed by atoms with Gasteiger partial charge in [-0.2, -0.15) is 0 Å². The molecule has 0 amide bonds. The van der Waals surface area contributed by atoms with E-state index in [9.17, 15) is 8.78 Å². The van der Waals surface area contributed by atoms with E-state index in [1.54, 1.807) is 0 Å². The normalized spacial score (nSPS) is 23.5. The molecule has 0 unspecified atom stereocenters. The summed E-state index contributed by atoms with van der Waals surface area (Å²) < 4.78 is 27.3. The molecule has 0 heterocycles. The lowest BCUT2D eigenvalue weighted by atomic mass is 9.78. The molecule has 1 aromatic rings. The molecule has 0 atom stereocenters. The van der Waals surface area contributed by atoms with Crippen LogP contribution >= 0.6 is 0 Å². The van der Waals surface area contributed by atoms with Crippen LogP contribution in [0, 0.1) is 29.9 Å². The van der Waals surface area contributed by atoms with E-state index in [0.717, 1.165) is 31.2 Å². The summed E-state index contributed by atoms with van der Waals surface area (Å²) in [4.78, 5) is 0. The van der Waals surface area contributed by atoms with Gasteiger partial charge in [0.25, 0.3) is 0 Å². The van der Waals surface area contributed by atoms with E-state index in [4.69, 9.17) is 6.42 Å². The first-order valence-corrected chi connectivity index (χ1v) is 6.74. The minimum Gasteiger partial charge on any atom is -0.206 e. The molecule has 0 saturated heterocycles. The van der Waals surface area contributed by atoms with E-state index >= 15 is 0 Å². The molecule has 2 rings (SSSR count). The van der Waals surface area contributed by atoms with Crippen molar-refractivity contribution in [3.63, 3.8) is 0 Å². The third kappa shape index (κ3) is 3.04. The van der Waals surface area contributed by atoms with E-state index in [1.807, 2.05) is 6.92 Å². The largest absolute Gasteiger partial charge is 0.206 e. The van der Waals surface area contributed by atoms with Crippen LogP contribution in [-0.4, -0.2) is 0 Å². The number of halogens is 2. The van der Waals surface area contributed by atoms with Gasteiger partial charge in [0.05, 0.1) is 5.56 Å². The van der Waals surface area contributed by atoms with Gasteiger partial charge in [0.1, 0.15) is 11.6 Å². The van der Waals surface area contributed by atoms with Gasteiger partial charge in [0.2, 0.25) is 0 Å². The highest BCUT2D eigenvalue weighted by Gasteiger charge is 2.22. The molecule has 0 aliphatic heterocycles. The lowest BCUT2D eigenvalue weighted by Gasteiger charge is -2.27. The molecule has 1 aliphatic rings. The highest BCUT2D eigenvalue weighted by atomic mass is 19.1. The molecule has 2 heteroatoms. The second kappa shape index (κ2) is 6.02. The minimum atomic E-state index is -0.618. The molecule has 1 saturated carbocycles. The monoisotopic (exact) mass is 260 g/mol. The summed E-state index contributed by atoms with van der Waals surface area (Å²) in [5.74, 6) is 1.68. The fourth-order valence-corrected chi connectivity index (χ4v) is 2.88. The van der Waals surface area contributed by atoms with Gasteiger partial charge in [-0.15, -0.1) is 6.42 Å². The Bertz CT molecular complexity index is 492. The molecule has 19 heavy (non-hydrogen) atoms. The maximum absolute atomic E-state index is 13.7. The van der Waals surface area contributed by atoms with E-state index < -0.39 is 11.6 Å². The van der Waals surface area contributed by atoms with Crippen molar-refractivity contribution < 1.29 is 8.78 Å². The molecule has 0 radical (unpaired) electrons. The van der Waals surface area contributed by atoms with Crippen LogP contribution in [0.4, 0.5) is 8.78 Å². The second-order valence-electron chi connectivity index (χ2n) is 5.14. The van der Waals surface area contributed by atoms with Gasteiger partial charge >= 0.3 is 0 Å². The average Bonchev–Trinajstić information content (AvgIpc) is 2.39. The van der Waals surface area contributed by atoms with E-state index in [-0.39, 0.29) is 11.5 Å². The first kappa shape index (κ1) is 13.8. The Hall–Kier alpha value is -1.62. The van der Waals surface area contributed by atoms with Crippen LogP contribution in [0.1, 0.15) is 49.7 Å². The minimum absolute atomic E-state index is 0.248. The van der Waals surface area contributed by atoms with Crippen molar-refractivity contribution in [2.24, 2.45) is 5.92 Å². The van der Waals surface area contributed by atoms with Gasteiger partial charge in [0.15, 0.2) is 0 Å². The van der Waals surface area contributed by atoms with Gasteiger partial charge in [-0.3, -0.25) is 0 Å². The Labute approximate surface area is 113 Å². The smallest absolute Gasteiger partial charge is 0.142 e. The Morgan fingerprint density at radius 3 is 2.21 bits per heavy atom. The number of benzene rings is 1. The standard InChI is InChI=1S/C17H18F2/c1-3-5-12-6-8-13(9-7-12)14-10-16(18)15(4-2)17(19)11-14/h2-3,5,10-13H,6-9H2,1H3.